The Labute approximate surface area is 286 Å². The van der Waals surface area contributed by atoms with Gasteiger partial charge in [-0.05, 0) is 70.9 Å². The Morgan fingerprint density at radius 2 is 0.913 bits per heavy atom. The summed E-state index contributed by atoms with van der Waals surface area (Å²) in [7, 11) is 0. The van der Waals surface area contributed by atoms with E-state index in [2.05, 4.69) is 25.7 Å². The van der Waals surface area contributed by atoms with Crippen LogP contribution in [0.1, 0.15) is 207 Å². The quantitative estimate of drug-likeness (QED) is 0.0531. The Morgan fingerprint density at radius 3 is 1.41 bits per heavy atom. The first-order valence-corrected chi connectivity index (χ1v) is 20.3. The molecule has 1 N–H and O–H groups in total. The molecule has 0 bridgehead atoms. The minimum atomic E-state index is -0.0324. The molecule has 274 valence electrons. The van der Waals surface area contributed by atoms with Crippen LogP contribution < -0.4 is 0 Å². The highest BCUT2D eigenvalue weighted by Gasteiger charge is 2.14. The molecule has 46 heavy (non-hydrogen) atoms. The van der Waals surface area contributed by atoms with Gasteiger partial charge in [-0.2, -0.15) is 0 Å². The van der Waals surface area contributed by atoms with Crippen LogP contribution in [0.15, 0.2) is 0 Å². The van der Waals surface area contributed by atoms with Crippen molar-refractivity contribution in [2.45, 2.75) is 213 Å². The lowest BCUT2D eigenvalue weighted by atomic mass is 10.0. The molecule has 0 saturated carbocycles. The molecular formula is C40H79NO5. The number of nitrogens with zero attached hydrogens (tertiary/aromatic N) is 1. The van der Waals surface area contributed by atoms with Gasteiger partial charge in [0.1, 0.15) is 6.10 Å². The van der Waals surface area contributed by atoms with Crippen LogP contribution in [-0.4, -0.2) is 60.9 Å². The van der Waals surface area contributed by atoms with Crippen LogP contribution in [0.5, 0.6) is 0 Å². The molecule has 6 nitrogen and oxygen atoms in total. The van der Waals surface area contributed by atoms with Crippen LogP contribution in [0.4, 0.5) is 0 Å². The first-order chi connectivity index (χ1) is 22.6. The molecule has 0 aliphatic heterocycles. The van der Waals surface area contributed by atoms with Crippen molar-refractivity contribution >= 4 is 11.9 Å². The molecule has 0 aromatic heterocycles. The van der Waals surface area contributed by atoms with Crippen LogP contribution in [-0.2, 0) is 19.1 Å². The number of rotatable bonds is 37. The van der Waals surface area contributed by atoms with E-state index in [0.29, 0.717) is 19.4 Å². The van der Waals surface area contributed by atoms with E-state index in [1.54, 1.807) is 0 Å². The summed E-state index contributed by atoms with van der Waals surface area (Å²) < 4.78 is 11.3. The zero-order valence-electron chi connectivity index (χ0n) is 31.1. The van der Waals surface area contributed by atoms with Crippen molar-refractivity contribution in [1.82, 2.24) is 4.90 Å². The number of aliphatic hydroxyl groups excluding tert-OH is 1. The van der Waals surface area contributed by atoms with Gasteiger partial charge in [-0.3, -0.25) is 9.59 Å². The lowest BCUT2D eigenvalue weighted by Gasteiger charge is -2.21. The van der Waals surface area contributed by atoms with E-state index in [1.165, 1.54) is 103 Å². The average Bonchev–Trinajstić information content (AvgIpc) is 3.05. The van der Waals surface area contributed by atoms with Gasteiger partial charge in [-0.1, -0.05) is 136 Å². The number of hydrogen-bond donors (Lipinski definition) is 1. The SMILES string of the molecule is CCCCCCCCCOC(=O)CCCCCCCN(CCO)CCCCCCCC(=O)OC(CCCCCC)CCCCCC. The van der Waals surface area contributed by atoms with E-state index in [0.717, 1.165) is 90.3 Å². The van der Waals surface area contributed by atoms with Crippen molar-refractivity contribution in [3.8, 4) is 0 Å². The van der Waals surface area contributed by atoms with Crippen molar-refractivity contribution in [3.05, 3.63) is 0 Å². The predicted molar refractivity (Wildman–Crippen MR) is 195 cm³/mol. The Hall–Kier alpha value is -1.14. The third-order valence-corrected chi connectivity index (χ3v) is 9.20. The van der Waals surface area contributed by atoms with Gasteiger partial charge in [0.15, 0.2) is 0 Å². The second-order valence-corrected chi connectivity index (χ2v) is 13.8. The summed E-state index contributed by atoms with van der Waals surface area (Å²) in [4.78, 5) is 26.8. The van der Waals surface area contributed by atoms with Crippen LogP contribution in [0.2, 0.25) is 0 Å². The number of carbonyl (C=O) groups excluding carboxylic acids is 2. The molecule has 0 atom stereocenters. The summed E-state index contributed by atoms with van der Waals surface area (Å²) in [6.07, 6.45) is 32.7. The molecule has 0 unspecified atom stereocenters. The first kappa shape index (κ1) is 44.9. The second-order valence-electron chi connectivity index (χ2n) is 13.8. The molecule has 0 radical (unpaired) electrons. The maximum absolute atomic E-state index is 12.5. The Morgan fingerprint density at radius 1 is 0.500 bits per heavy atom. The molecule has 0 saturated heterocycles. The number of hydrogen-bond acceptors (Lipinski definition) is 6. The monoisotopic (exact) mass is 654 g/mol. The molecule has 0 heterocycles. The molecule has 0 aromatic carbocycles. The smallest absolute Gasteiger partial charge is 0.306 e. The van der Waals surface area contributed by atoms with Crippen molar-refractivity contribution in [1.29, 1.82) is 0 Å². The Kier molecular flexibility index (Phi) is 35.8. The van der Waals surface area contributed by atoms with Gasteiger partial charge in [0, 0.05) is 19.4 Å². The summed E-state index contributed by atoms with van der Waals surface area (Å²) in [5.74, 6) is -0.0288. The summed E-state index contributed by atoms with van der Waals surface area (Å²) in [6, 6.07) is 0. The number of unbranched alkanes of at least 4 members (excludes halogenated alkanes) is 20. The van der Waals surface area contributed by atoms with Crippen LogP contribution in [0, 0.1) is 0 Å². The Bertz CT molecular complexity index is 631. The zero-order valence-corrected chi connectivity index (χ0v) is 31.1. The van der Waals surface area contributed by atoms with E-state index in [9.17, 15) is 14.7 Å². The van der Waals surface area contributed by atoms with E-state index >= 15 is 0 Å². The molecule has 6 heteroatoms. The summed E-state index contributed by atoms with van der Waals surface area (Å²) in [6.45, 7) is 10.3. The number of esters is 2. The normalized spacial score (nSPS) is 11.5. The van der Waals surface area contributed by atoms with E-state index < -0.39 is 0 Å². The van der Waals surface area contributed by atoms with Gasteiger partial charge < -0.3 is 19.5 Å². The lowest BCUT2D eigenvalue weighted by Crippen LogP contribution is -2.29. The summed E-state index contributed by atoms with van der Waals surface area (Å²) in [5.41, 5.74) is 0. The maximum atomic E-state index is 12.5. The highest BCUT2D eigenvalue weighted by Crippen LogP contribution is 2.17. The molecule has 0 amide bonds. The lowest BCUT2D eigenvalue weighted by molar-refractivity contribution is -0.150. The van der Waals surface area contributed by atoms with E-state index in [4.69, 9.17) is 9.47 Å². The van der Waals surface area contributed by atoms with Crippen molar-refractivity contribution in [3.63, 3.8) is 0 Å². The Balaban J connectivity index is 3.83. The molecule has 0 aromatic rings. The van der Waals surface area contributed by atoms with E-state index in [-0.39, 0.29) is 24.6 Å². The van der Waals surface area contributed by atoms with Crippen LogP contribution in [0.3, 0.4) is 0 Å². The minimum absolute atomic E-state index is 0.00355. The number of carbonyl (C=O) groups is 2. The molecule has 0 rings (SSSR count). The maximum Gasteiger partial charge on any atom is 0.306 e. The van der Waals surface area contributed by atoms with Gasteiger partial charge in [0.2, 0.25) is 0 Å². The average molecular weight is 654 g/mol. The van der Waals surface area contributed by atoms with Crippen LogP contribution >= 0.6 is 0 Å². The standard InChI is InChI=1S/C40H79NO5/c1-4-7-10-13-14-21-28-37-45-39(43)31-24-17-15-19-26-33-41(35-36-42)34-27-20-16-18-25-32-40(44)46-38(29-22-11-8-5-2)30-23-12-9-6-3/h38,42H,4-37H2,1-3H3. The second kappa shape index (κ2) is 36.7. The first-order valence-electron chi connectivity index (χ1n) is 20.3. The molecular weight excluding hydrogens is 574 g/mol. The van der Waals surface area contributed by atoms with E-state index in [1.807, 2.05) is 0 Å². The third-order valence-electron chi connectivity index (χ3n) is 9.20. The summed E-state index contributed by atoms with van der Waals surface area (Å²) >= 11 is 0. The van der Waals surface area contributed by atoms with Crippen molar-refractivity contribution in [2.24, 2.45) is 0 Å². The molecule has 0 aliphatic carbocycles. The summed E-state index contributed by atoms with van der Waals surface area (Å²) in [5, 5.41) is 9.50. The zero-order chi connectivity index (χ0) is 33.8. The van der Waals surface area contributed by atoms with Gasteiger partial charge in [-0.15, -0.1) is 0 Å². The predicted octanol–water partition coefficient (Wildman–Crippen LogP) is 11.1. The van der Waals surface area contributed by atoms with Crippen molar-refractivity contribution in [2.75, 3.05) is 32.8 Å². The largest absolute Gasteiger partial charge is 0.466 e. The number of ether oxygens (including phenoxy) is 2. The molecule has 0 fully saturated rings. The molecule has 0 spiro atoms. The van der Waals surface area contributed by atoms with Gasteiger partial charge in [0.25, 0.3) is 0 Å². The van der Waals surface area contributed by atoms with Crippen LogP contribution in [0.25, 0.3) is 0 Å². The fourth-order valence-corrected chi connectivity index (χ4v) is 6.17. The highest BCUT2D eigenvalue weighted by molar-refractivity contribution is 5.69. The number of aliphatic hydroxyl groups is 1. The highest BCUT2D eigenvalue weighted by atomic mass is 16.5. The van der Waals surface area contributed by atoms with Gasteiger partial charge in [0.05, 0.1) is 13.2 Å². The van der Waals surface area contributed by atoms with Gasteiger partial charge >= 0.3 is 11.9 Å². The van der Waals surface area contributed by atoms with Gasteiger partial charge in [-0.25, -0.2) is 0 Å². The fraction of sp³-hybridized carbons (Fsp3) is 0.950. The third kappa shape index (κ3) is 32.8. The fourth-order valence-electron chi connectivity index (χ4n) is 6.17. The minimum Gasteiger partial charge on any atom is -0.466 e. The molecule has 0 aliphatic rings. The topological polar surface area (TPSA) is 76.1 Å². The van der Waals surface area contributed by atoms with Crippen molar-refractivity contribution < 1.29 is 24.2 Å².